The van der Waals surface area contributed by atoms with Crippen LogP contribution in [-0.2, 0) is 9.53 Å². The zero-order chi connectivity index (χ0) is 16.8. The quantitative estimate of drug-likeness (QED) is 0.644. The number of benzene rings is 1. The average molecular weight is 317 g/mol. The van der Waals surface area contributed by atoms with E-state index < -0.39 is 6.04 Å². The third-order valence-corrected chi connectivity index (χ3v) is 3.69. The number of nitrogens with one attached hydrogen (secondary N) is 2. The number of urea groups is 1. The Morgan fingerprint density at radius 2 is 2.22 bits per heavy atom. The molecule has 2 rings (SSSR count). The first-order chi connectivity index (χ1) is 11.0. The molecule has 6 nitrogen and oxygen atoms in total. The molecule has 0 bridgehead atoms. The van der Waals surface area contributed by atoms with Crippen molar-refractivity contribution in [2.24, 2.45) is 0 Å². The van der Waals surface area contributed by atoms with Crippen molar-refractivity contribution in [3.05, 3.63) is 42.0 Å². The van der Waals surface area contributed by atoms with Gasteiger partial charge in [-0.3, -0.25) is 4.79 Å². The average Bonchev–Trinajstić information content (AvgIpc) is 2.89. The van der Waals surface area contributed by atoms with Crippen LogP contribution in [0.2, 0.25) is 0 Å². The van der Waals surface area contributed by atoms with Crippen LogP contribution in [0.25, 0.3) is 0 Å². The summed E-state index contributed by atoms with van der Waals surface area (Å²) in [5, 5.41) is 5.62. The molecule has 1 aromatic rings. The molecule has 0 radical (unpaired) electrons. The molecule has 124 valence electrons. The lowest BCUT2D eigenvalue weighted by Crippen LogP contribution is -2.48. The molecule has 0 aromatic heterocycles. The lowest BCUT2D eigenvalue weighted by Gasteiger charge is -2.24. The van der Waals surface area contributed by atoms with Crippen LogP contribution in [0.15, 0.2) is 36.4 Å². The fourth-order valence-corrected chi connectivity index (χ4v) is 2.56. The predicted octanol–water partition coefficient (Wildman–Crippen LogP) is 1.92. The normalized spacial score (nSPS) is 17.2. The van der Waals surface area contributed by atoms with Crippen LogP contribution in [0.4, 0.5) is 10.5 Å². The maximum absolute atomic E-state index is 12.5. The summed E-state index contributed by atoms with van der Waals surface area (Å²) in [5.41, 5.74) is 2.64. The van der Waals surface area contributed by atoms with Gasteiger partial charge in [-0.15, -0.1) is 0 Å². The highest BCUT2D eigenvalue weighted by Gasteiger charge is 2.35. The van der Waals surface area contributed by atoms with Crippen LogP contribution in [0.1, 0.15) is 12.0 Å². The van der Waals surface area contributed by atoms with Crippen molar-refractivity contribution in [3.8, 4) is 0 Å². The fraction of sp³-hybridized carbons (Fsp3) is 0.412. The van der Waals surface area contributed by atoms with Gasteiger partial charge in [0.1, 0.15) is 6.04 Å². The van der Waals surface area contributed by atoms with E-state index in [2.05, 4.69) is 17.2 Å². The van der Waals surface area contributed by atoms with Crippen molar-refractivity contribution in [1.82, 2.24) is 10.2 Å². The maximum atomic E-state index is 12.5. The van der Waals surface area contributed by atoms with Gasteiger partial charge in [0.15, 0.2) is 0 Å². The van der Waals surface area contributed by atoms with Gasteiger partial charge in [0.05, 0.1) is 6.61 Å². The van der Waals surface area contributed by atoms with Gasteiger partial charge >= 0.3 is 6.03 Å². The molecule has 23 heavy (non-hydrogen) atoms. The van der Waals surface area contributed by atoms with Crippen LogP contribution < -0.4 is 10.6 Å². The maximum Gasteiger partial charge on any atom is 0.322 e. The zero-order valence-corrected chi connectivity index (χ0v) is 13.6. The topological polar surface area (TPSA) is 70.7 Å². The highest BCUT2D eigenvalue weighted by molar-refractivity contribution is 5.94. The largest absolute Gasteiger partial charge is 0.383 e. The van der Waals surface area contributed by atoms with Gasteiger partial charge in [-0.2, -0.15) is 0 Å². The minimum atomic E-state index is -0.524. The molecule has 3 amide bonds. The highest BCUT2D eigenvalue weighted by atomic mass is 16.5. The Balaban J connectivity index is 2.01. The number of aryl methyl sites for hydroxylation is 1. The van der Waals surface area contributed by atoms with Gasteiger partial charge in [0.25, 0.3) is 0 Å². The highest BCUT2D eigenvalue weighted by Crippen LogP contribution is 2.22. The number of carbonyl (C=O) groups is 2. The van der Waals surface area contributed by atoms with Crippen molar-refractivity contribution in [2.45, 2.75) is 19.4 Å². The number of hydrogen-bond donors (Lipinski definition) is 2. The van der Waals surface area contributed by atoms with Crippen molar-refractivity contribution in [2.75, 3.05) is 32.1 Å². The fourth-order valence-electron chi connectivity index (χ4n) is 2.56. The van der Waals surface area contributed by atoms with E-state index in [1.165, 1.54) is 4.90 Å². The number of amides is 3. The lowest BCUT2D eigenvalue weighted by molar-refractivity contribution is -0.124. The zero-order valence-electron chi connectivity index (χ0n) is 13.6. The number of hydrogen-bond acceptors (Lipinski definition) is 3. The van der Waals surface area contributed by atoms with E-state index in [1.807, 2.05) is 31.2 Å². The summed E-state index contributed by atoms with van der Waals surface area (Å²) < 4.78 is 4.92. The van der Waals surface area contributed by atoms with Crippen molar-refractivity contribution < 1.29 is 14.3 Å². The summed E-state index contributed by atoms with van der Waals surface area (Å²) in [6, 6.07) is 6.73. The molecule has 1 aliphatic rings. The van der Waals surface area contributed by atoms with Gasteiger partial charge in [-0.25, -0.2) is 4.79 Å². The van der Waals surface area contributed by atoms with E-state index in [9.17, 15) is 9.59 Å². The van der Waals surface area contributed by atoms with Gasteiger partial charge < -0.3 is 20.3 Å². The molecule has 0 saturated carbocycles. The first-order valence-corrected chi connectivity index (χ1v) is 7.59. The van der Waals surface area contributed by atoms with Crippen LogP contribution in [0.5, 0.6) is 0 Å². The van der Waals surface area contributed by atoms with Crippen LogP contribution >= 0.6 is 0 Å². The molecule has 1 fully saturated rings. The van der Waals surface area contributed by atoms with Gasteiger partial charge in [-0.1, -0.05) is 24.3 Å². The summed E-state index contributed by atoms with van der Waals surface area (Å²) in [5.74, 6) is -0.180. The van der Waals surface area contributed by atoms with Crippen LogP contribution in [0, 0.1) is 6.92 Å². The molecular formula is C17H23N3O3. The van der Waals surface area contributed by atoms with Crippen molar-refractivity contribution >= 4 is 17.6 Å². The lowest BCUT2D eigenvalue weighted by atomic mass is 10.1. The second-order valence-electron chi connectivity index (χ2n) is 5.68. The number of likely N-dealkylation sites (tertiary alicyclic amines) is 1. The Labute approximate surface area is 136 Å². The summed E-state index contributed by atoms with van der Waals surface area (Å²) >= 11 is 0. The van der Waals surface area contributed by atoms with Crippen molar-refractivity contribution in [1.29, 1.82) is 0 Å². The smallest absolute Gasteiger partial charge is 0.322 e. The van der Waals surface area contributed by atoms with Gasteiger partial charge in [0.2, 0.25) is 5.91 Å². The standard InChI is InChI=1S/C17H23N3O3/c1-12-5-4-6-14(9-12)19-17(22)20-11-13(2)10-15(20)16(21)18-7-8-23-3/h4-6,9,15H,2,7-8,10-11H2,1,3H3,(H,18,21)(H,19,22). The Morgan fingerprint density at radius 1 is 1.43 bits per heavy atom. The van der Waals surface area contributed by atoms with E-state index >= 15 is 0 Å². The Bertz CT molecular complexity index is 601. The molecule has 1 atom stereocenters. The van der Waals surface area contributed by atoms with Crippen LogP contribution in [0.3, 0.4) is 0 Å². The molecule has 1 heterocycles. The number of carbonyl (C=O) groups excluding carboxylic acids is 2. The Kier molecular flexibility index (Phi) is 5.76. The van der Waals surface area contributed by atoms with E-state index in [4.69, 9.17) is 4.74 Å². The summed E-state index contributed by atoms with van der Waals surface area (Å²) in [4.78, 5) is 26.3. The van der Waals surface area contributed by atoms with E-state index in [-0.39, 0.29) is 11.9 Å². The number of rotatable bonds is 5. The number of methoxy groups -OCH3 is 1. The van der Waals surface area contributed by atoms with Gasteiger partial charge in [0, 0.05) is 25.9 Å². The van der Waals surface area contributed by atoms with Crippen LogP contribution in [-0.4, -0.2) is 49.7 Å². The monoisotopic (exact) mass is 317 g/mol. The minimum absolute atomic E-state index is 0.180. The van der Waals surface area contributed by atoms with E-state index in [0.29, 0.717) is 31.8 Å². The first kappa shape index (κ1) is 17.0. The minimum Gasteiger partial charge on any atom is -0.383 e. The summed E-state index contributed by atoms with van der Waals surface area (Å²) in [6.45, 7) is 7.12. The van der Waals surface area contributed by atoms with E-state index in [1.54, 1.807) is 7.11 Å². The predicted molar refractivity (Wildman–Crippen MR) is 89.3 cm³/mol. The molecule has 1 unspecified atom stereocenters. The molecule has 1 saturated heterocycles. The Morgan fingerprint density at radius 3 is 2.91 bits per heavy atom. The molecular weight excluding hydrogens is 294 g/mol. The first-order valence-electron chi connectivity index (χ1n) is 7.59. The molecule has 6 heteroatoms. The summed E-state index contributed by atoms with van der Waals surface area (Å²) in [6.07, 6.45) is 0.486. The molecule has 0 spiro atoms. The molecule has 1 aromatic carbocycles. The molecule has 0 aliphatic carbocycles. The third-order valence-electron chi connectivity index (χ3n) is 3.69. The van der Waals surface area contributed by atoms with Crippen molar-refractivity contribution in [3.63, 3.8) is 0 Å². The number of anilines is 1. The molecule has 2 N–H and O–H groups in total. The second kappa shape index (κ2) is 7.78. The summed E-state index contributed by atoms with van der Waals surface area (Å²) in [7, 11) is 1.57. The second-order valence-corrected chi connectivity index (χ2v) is 5.68. The number of nitrogens with zero attached hydrogens (tertiary/aromatic N) is 1. The van der Waals surface area contributed by atoms with E-state index in [0.717, 1.165) is 11.1 Å². The third kappa shape index (κ3) is 4.56. The van der Waals surface area contributed by atoms with Gasteiger partial charge in [-0.05, 0) is 31.0 Å². The Hall–Kier alpha value is -2.34. The number of ether oxygens (including phenoxy) is 1. The molecule has 1 aliphatic heterocycles. The SMILES string of the molecule is C=C1CC(C(=O)NCCOC)N(C(=O)Nc2cccc(C)c2)C1.